The van der Waals surface area contributed by atoms with Gasteiger partial charge < -0.3 is 4.90 Å². The Bertz CT molecular complexity index is 1420. The molecule has 0 spiro atoms. The molecular weight excluding hydrogens is 482 g/mol. The summed E-state index contributed by atoms with van der Waals surface area (Å²) in [4.78, 5) is 27.2. The van der Waals surface area contributed by atoms with E-state index in [1.165, 1.54) is 28.0 Å². The third-order valence-electron chi connectivity index (χ3n) is 5.38. The molecule has 1 aliphatic heterocycles. The molecule has 8 nitrogen and oxygen atoms in total. The lowest BCUT2D eigenvalue weighted by Gasteiger charge is -2.33. The first-order chi connectivity index (χ1) is 15.9. The predicted molar refractivity (Wildman–Crippen MR) is 127 cm³/mol. The summed E-state index contributed by atoms with van der Waals surface area (Å²) < 4.78 is 28.8. The fraction of sp³-hybridized carbons (Fsp3) is 0.182. The van der Waals surface area contributed by atoms with Crippen molar-refractivity contribution in [3.8, 4) is 11.4 Å². The Hall–Kier alpha value is -2.92. The fourth-order valence-corrected chi connectivity index (χ4v) is 6.86. The third kappa shape index (κ3) is 4.34. The van der Waals surface area contributed by atoms with Gasteiger partial charge in [-0.2, -0.15) is 4.31 Å². The molecule has 0 saturated carbocycles. The number of thiophene rings is 1. The monoisotopic (exact) mass is 499 g/mol. The number of fused-ring (bicyclic) bond motifs is 1. The Balaban J connectivity index is 1.26. The second-order valence-corrected chi connectivity index (χ2v) is 11.1. The summed E-state index contributed by atoms with van der Waals surface area (Å²) in [6, 6.07) is 12.5. The second kappa shape index (κ2) is 8.79. The van der Waals surface area contributed by atoms with E-state index < -0.39 is 10.0 Å². The van der Waals surface area contributed by atoms with Crippen LogP contribution in [0.1, 0.15) is 10.5 Å². The van der Waals surface area contributed by atoms with E-state index in [2.05, 4.69) is 15.0 Å². The maximum Gasteiger partial charge on any atom is 0.274 e. The van der Waals surface area contributed by atoms with Crippen LogP contribution in [0.15, 0.2) is 65.3 Å². The van der Waals surface area contributed by atoms with Gasteiger partial charge in [0.2, 0.25) is 0 Å². The van der Waals surface area contributed by atoms with Crippen molar-refractivity contribution in [3.63, 3.8) is 0 Å². The second-order valence-electron chi connectivity index (χ2n) is 7.45. The van der Waals surface area contributed by atoms with Crippen molar-refractivity contribution in [3.05, 3.63) is 71.8 Å². The van der Waals surface area contributed by atoms with Gasteiger partial charge in [-0.1, -0.05) is 23.7 Å². The van der Waals surface area contributed by atoms with Gasteiger partial charge in [0.25, 0.3) is 15.9 Å². The molecule has 4 aromatic rings. The molecule has 11 heteroatoms. The molecule has 1 aromatic carbocycles. The molecule has 0 aliphatic carbocycles. The Morgan fingerprint density at radius 1 is 0.939 bits per heavy atom. The highest BCUT2D eigenvalue weighted by Crippen LogP contribution is 2.33. The van der Waals surface area contributed by atoms with Crippen molar-refractivity contribution in [1.29, 1.82) is 0 Å². The molecule has 168 valence electrons. The van der Waals surface area contributed by atoms with Crippen LogP contribution in [-0.4, -0.2) is 64.7 Å². The van der Waals surface area contributed by atoms with E-state index in [1.54, 1.807) is 29.3 Å². The van der Waals surface area contributed by atoms with Crippen LogP contribution in [0.4, 0.5) is 0 Å². The first kappa shape index (κ1) is 21.9. The summed E-state index contributed by atoms with van der Waals surface area (Å²) in [5.74, 6) is -0.274. The molecule has 0 unspecified atom stereocenters. The lowest BCUT2D eigenvalue weighted by molar-refractivity contribution is 0.0691. The van der Waals surface area contributed by atoms with Crippen LogP contribution >= 0.6 is 22.9 Å². The number of carbonyl (C=O) groups excluding carboxylic acids is 1. The van der Waals surface area contributed by atoms with E-state index in [-0.39, 0.29) is 42.0 Å². The summed E-state index contributed by atoms with van der Waals surface area (Å²) >= 11 is 7.22. The predicted octanol–water partition coefficient (Wildman–Crippen LogP) is 3.55. The highest BCUT2D eigenvalue weighted by Gasteiger charge is 2.32. The number of benzene rings is 1. The Labute approximate surface area is 199 Å². The highest BCUT2D eigenvalue weighted by molar-refractivity contribution is 7.91. The van der Waals surface area contributed by atoms with Crippen LogP contribution in [0.2, 0.25) is 5.02 Å². The molecule has 0 N–H and O–H groups in total. The lowest BCUT2D eigenvalue weighted by atomic mass is 10.2. The van der Waals surface area contributed by atoms with Crippen LogP contribution in [0.25, 0.3) is 21.5 Å². The number of rotatable bonds is 4. The van der Waals surface area contributed by atoms with Crippen molar-refractivity contribution in [2.45, 2.75) is 4.21 Å². The third-order valence-corrected chi connectivity index (χ3v) is 9.06. The van der Waals surface area contributed by atoms with E-state index in [0.717, 1.165) is 10.1 Å². The molecule has 1 saturated heterocycles. The Morgan fingerprint density at radius 3 is 2.45 bits per heavy atom. The van der Waals surface area contributed by atoms with Crippen molar-refractivity contribution < 1.29 is 13.2 Å². The molecular formula is C22H18ClN5O3S2. The van der Waals surface area contributed by atoms with Crippen molar-refractivity contribution in [2.75, 3.05) is 26.2 Å². The maximum atomic E-state index is 13.1. The number of carbonyl (C=O) groups is 1. The van der Waals surface area contributed by atoms with Gasteiger partial charge in [-0.3, -0.25) is 14.8 Å². The number of piperazine rings is 1. The highest BCUT2D eigenvalue weighted by atomic mass is 35.5. The summed E-state index contributed by atoms with van der Waals surface area (Å²) in [5.41, 5.74) is 1.46. The molecule has 1 amide bonds. The van der Waals surface area contributed by atoms with Gasteiger partial charge in [-0.25, -0.2) is 13.4 Å². The number of hydrogen-bond donors (Lipinski definition) is 0. The lowest BCUT2D eigenvalue weighted by Crippen LogP contribution is -2.50. The number of sulfonamides is 1. The van der Waals surface area contributed by atoms with Crippen molar-refractivity contribution >= 4 is 49.0 Å². The average molecular weight is 500 g/mol. The molecule has 0 atom stereocenters. The van der Waals surface area contributed by atoms with Crippen LogP contribution in [-0.2, 0) is 10.0 Å². The van der Waals surface area contributed by atoms with Crippen molar-refractivity contribution in [1.82, 2.24) is 24.2 Å². The van der Waals surface area contributed by atoms with E-state index in [1.807, 2.05) is 24.3 Å². The van der Waals surface area contributed by atoms with E-state index in [0.29, 0.717) is 16.4 Å². The van der Waals surface area contributed by atoms with Crippen LogP contribution in [0.3, 0.4) is 0 Å². The van der Waals surface area contributed by atoms with Gasteiger partial charge in [0, 0.05) is 42.1 Å². The molecule has 3 aromatic heterocycles. The summed E-state index contributed by atoms with van der Waals surface area (Å²) in [7, 11) is -3.65. The average Bonchev–Trinajstić information content (AvgIpc) is 3.28. The Kier molecular flexibility index (Phi) is 5.83. The van der Waals surface area contributed by atoms with Gasteiger partial charge >= 0.3 is 0 Å². The summed E-state index contributed by atoms with van der Waals surface area (Å²) in [5, 5.41) is 1.40. The molecule has 1 fully saturated rings. The molecule has 0 radical (unpaired) electrons. The zero-order valence-corrected chi connectivity index (χ0v) is 19.6. The minimum Gasteiger partial charge on any atom is -0.335 e. The number of nitrogens with zero attached hydrogens (tertiary/aromatic N) is 5. The van der Waals surface area contributed by atoms with Gasteiger partial charge in [0.1, 0.15) is 15.6 Å². The van der Waals surface area contributed by atoms with Crippen molar-refractivity contribution in [2.24, 2.45) is 0 Å². The Morgan fingerprint density at radius 2 is 1.76 bits per heavy atom. The zero-order chi connectivity index (χ0) is 23.0. The molecule has 1 aliphatic rings. The number of hydrogen-bond acceptors (Lipinski definition) is 7. The number of halogens is 1. The van der Waals surface area contributed by atoms with E-state index in [9.17, 15) is 13.2 Å². The maximum absolute atomic E-state index is 13.1. The number of aromatic nitrogens is 3. The van der Waals surface area contributed by atoms with Gasteiger partial charge in [-0.15, -0.1) is 11.3 Å². The first-order valence-corrected chi connectivity index (χ1v) is 12.8. The van der Waals surface area contributed by atoms with Crippen LogP contribution in [0.5, 0.6) is 0 Å². The van der Waals surface area contributed by atoms with E-state index >= 15 is 0 Å². The molecule has 4 heterocycles. The largest absolute Gasteiger partial charge is 0.335 e. The minimum absolute atomic E-state index is 0.211. The van der Waals surface area contributed by atoms with Gasteiger partial charge in [-0.05, 0) is 35.7 Å². The topological polar surface area (TPSA) is 96.4 Å². The normalized spacial score (nSPS) is 15.1. The molecule has 0 bridgehead atoms. The quantitative estimate of drug-likeness (QED) is 0.426. The number of pyridine rings is 1. The molecule has 5 rings (SSSR count). The summed E-state index contributed by atoms with van der Waals surface area (Å²) in [6.45, 7) is 0.974. The van der Waals surface area contributed by atoms with E-state index in [4.69, 9.17) is 11.6 Å². The SMILES string of the molecule is O=C(c1cnc(-c2ccccn2)cn1)N1CCN(S(=O)(=O)c2cc3ccc(Cl)cc3s2)CC1. The molecule has 33 heavy (non-hydrogen) atoms. The number of amides is 1. The standard InChI is InChI=1S/C22H18ClN5O3S2/c23-16-5-4-15-11-21(32-20(15)12-16)33(30,31)28-9-7-27(8-10-28)22(29)19-14-25-18(13-26-19)17-3-1-2-6-24-17/h1-6,11-14H,7-10H2. The first-order valence-electron chi connectivity index (χ1n) is 10.1. The van der Waals surface area contributed by atoms with Crippen LogP contribution in [0, 0.1) is 0 Å². The van der Waals surface area contributed by atoms with Gasteiger partial charge in [0.15, 0.2) is 0 Å². The van der Waals surface area contributed by atoms with Gasteiger partial charge in [0.05, 0.1) is 18.1 Å². The summed E-state index contributed by atoms with van der Waals surface area (Å²) in [6.07, 6.45) is 4.61. The minimum atomic E-state index is -3.65. The van der Waals surface area contributed by atoms with Crippen LogP contribution < -0.4 is 0 Å². The zero-order valence-electron chi connectivity index (χ0n) is 17.3. The fourth-order valence-electron chi connectivity index (χ4n) is 3.61. The smallest absolute Gasteiger partial charge is 0.274 e.